The summed E-state index contributed by atoms with van der Waals surface area (Å²) < 4.78 is 5.33. The fourth-order valence-corrected chi connectivity index (χ4v) is 2.74. The van der Waals surface area contributed by atoms with E-state index in [0.29, 0.717) is 0 Å². The van der Waals surface area contributed by atoms with E-state index in [2.05, 4.69) is 10.2 Å². The van der Waals surface area contributed by atoms with Gasteiger partial charge in [-0.05, 0) is 26.3 Å². The van der Waals surface area contributed by atoms with Crippen molar-refractivity contribution in [3.05, 3.63) is 0 Å². The van der Waals surface area contributed by atoms with Gasteiger partial charge < -0.3 is 15.0 Å². The standard InChI is InChI=1S/C13H25N3O2/c1-14-12-4-2-6-16(13(12)17)7-3-5-15-8-10-18-11-9-15/h12,14H,2-11H2,1H3. The van der Waals surface area contributed by atoms with E-state index >= 15 is 0 Å². The summed E-state index contributed by atoms with van der Waals surface area (Å²) in [6.45, 7) is 6.68. The van der Waals surface area contributed by atoms with Gasteiger partial charge in [-0.25, -0.2) is 0 Å². The molecule has 0 aromatic heterocycles. The minimum absolute atomic E-state index is 0.0436. The molecule has 0 saturated carbocycles. The third kappa shape index (κ3) is 3.67. The molecule has 1 amide bonds. The zero-order chi connectivity index (χ0) is 12.8. The predicted molar refractivity (Wildman–Crippen MR) is 70.5 cm³/mol. The Labute approximate surface area is 109 Å². The van der Waals surface area contributed by atoms with Crippen molar-refractivity contribution in [2.75, 3.05) is 53.0 Å². The van der Waals surface area contributed by atoms with E-state index in [4.69, 9.17) is 4.74 Å². The number of likely N-dealkylation sites (tertiary alicyclic amines) is 1. The fourth-order valence-electron chi connectivity index (χ4n) is 2.74. The Balaban J connectivity index is 1.67. The van der Waals surface area contributed by atoms with Gasteiger partial charge in [0.2, 0.25) is 5.91 Å². The molecule has 0 bridgehead atoms. The van der Waals surface area contributed by atoms with Gasteiger partial charge in [0, 0.05) is 32.7 Å². The predicted octanol–water partition coefficient (Wildman–Crippen LogP) is -0.0809. The Morgan fingerprint density at radius 3 is 2.78 bits per heavy atom. The number of carbonyl (C=O) groups is 1. The quantitative estimate of drug-likeness (QED) is 0.746. The summed E-state index contributed by atoms with van der Waals surface area (Å²) >= 11 is 0. The Hall–Kier alpha value is -0.650. The van der Waals surface area contributed by atoms with Crippen molar-refractivity contribution < 1.29 is 9.53 Å². The van der Waals surface area contributed by atoms with Crippen LogP contribution in [0.3, 0.4) is 0 Å². The topological polar surface area (TPSA) is 44.8 Å². The second kappa shape index (κ2) is 7.07. The van der Waals surface area contributed by atoms with E-state index in [9.17, 15) is 4.79 Å². The highest BCUT2D eigenvalue weighted by molar-refractivity contribution is 5.82. The van der Waals surface area contributed by atoms with Crippen LogP contribution in [0.15, 0.2) is 0 Å². The van der Waals surface area contributed by atoms with E-state index in [1.54, 1.807) is 0 Å². The smallest absolute Gasteiger partial charge is 0.239 e. The summed E-state index contributed by atoms with van der Waals surface area (Å²) in [5.74, 6) is 0.283. The number of carbonyl (C=O) groups excluding carboxylic acids is 1. The zero-order valence-corrected chi connectivity index (χ0v) is 11.4. The molecule has 0 aromatic rings. The second-order valence-electron chi connectivity index (χ2n) is 5.12. The van der Waals surface area contributed by atoms with Gasteiger partial charge in [0.25, 0.3) is 0 Å². The molecule has 1 atom stereocenters. The number of likely N-dealkylation sites (N-methyl/N-ethyl adjacent to an activating group) is 1. The number of nitrogens with one attached hydrogen (secondary N) is 1. The summed E-state index contributed by atoms with van der Waals surface area (Å²) in [6.07, 6.45) is 3.17. The Morgan fingerprint density at radius 1 is 1.28 bits per heavy atom. The number of amides is 1. The Kier molecular flexibility index (Phi) is 5.41. The van der Waals surface area contributed by atoms with Gasteiger partial charge in [-0.15, -0.1) is 0 Å². The van der Waals surface area contributed by atoms with Crippen molar-refractivity contribution in [3.8, 4) is 0 Å². The lowest BCUT2D eigenvalue weighted by Crippen LogP contribution is -2.50. The maximum absolute atomic E-state index is 12.1. The number of rotatable bonds is 5. The van der Waals surface area contributed by atoms with Gasteiger partial charge >= 0.3 is 0 Å². The summed E-state index contributed by atoms with van der Waals surface area (Å²) in [6, 6.07) is 0.0436. The Bertz CT molecular complexity index is 267. The Morgan fingerprint density at radius 2 is 2.06 bits per heavy atom. The summed E-state index contributed by atoms with van der Waals surface area (Å²) in [5.41, 5.74) is 0. The van der Waals surface area contributed by atoms with Gasteiger partial charge in [-0.1, -0.05) is 0 Å². The molecule has 2 aliphatic heterocycles. The third-order valence-electron chi connectivity index (χ3n) is 3.89. The molecule has 1 N–H and O–H groups in total. The van der Waals surface area contributed by atoms with Crippen LogP contribution < -0.4 is 5.32 Å². The number of nitrogens with zero attached hydrogens (tertiary/aromatic N) is 2. The van der Waals surface area contributed by atoms with Crippen LogP contribution in [0.5, 0.6) is 0 Å². The van der Waals surface area contributed by atoms with Gasteiger partial charge in [0.15, 0.2) is 0 Å². The molecule has 2 saturated heterocycles. The maximum Gasteiger partial charge on any atom is 0.239 e. The normalized spacial score (nSPS) is 26.6. The van der Waals surface area contributed by atoms with Crippen molar-refractivity contribution in [3.63, 3.8) is 0 Å². The largest absolute Gasteiger partial charge is 0.379 e. The molecular weight excluding hydrogens is 230 g/mol. The van der Waals surface area contributed by atoms with Crippen LogP contribution in [0.25, 0.3) is 0 Å². The molecule has 5 nitrogen and oxygen atoms in total. The zero-order valence-electron chi connectivity index (χ0n) is 11.4. The molecule has 104 valence electrons. The van der Waals surface area contributed by atoms with Crippen LogP contribution in [0.2, 0.25) is 0 Å². The molecule has 2 fully saturated rings. The lowest BCUT2D eigenvalue weighted by molar-refractivity contribution is -0.135. The van der Waals surface area contributed by atoms with Gasteiger partial charge in [0.1, 0.15) is 0 Å². The van der Waals surface area contributed by atoms with Crippen LogP contribution in [0.1, 0.15) is 19.3 Å². The number of morpholine rings is 1. The van der Waals surface area contributed by atoms with Crippen molar-refractivity contribution in [1.82, 2.24) is 15.1 Å². The van der Waals surface area contributed by atoms with Crippen molar-refractivity contribution in [1.29, 1.82) is 0 Å². The molecule has 2 rings (SSSR count). The van der Waals surface area contributed by atoms with Gasteiger partial charge in [0.05, 0.1) is 19.3 Å². The highest BCUT2D eigenvalue weighted by atomic mass is 16.5. The maximum atomic E-state index is 12.1. The highest BCUT2D eigenvalue weighted by Gasteiger charge is 2.26. The van der Waals surface area contributed by atoms with E-state index < -0.39 is 0 Å². The number of hydrogen-bond acceptors (Lipinski definition) is 4. The van der Waals surface area contributed by atoms with Crippen LogP contribution >= 0.6 is 0 Å². The number of hydrogen-bond donors (Lipinski definition) is 1. The van der Waals surface area contributed by atoms with E-state index in [0.717, 1.165) is 65.2 Å². The lowest BCUT2D eigenvalue weighted by Gasteiger charge is -2.33. The molecule has 1 unspecified atom stereocenters. The third-order valence-corrected chi connectivity index (χ3v) is 3.89. The first kappa shape index (κ1) is 13.8. The summed E-state index contributed by atoms with van der Waals surface area (Å²) in [7, 11) is 1.87. The second-order valence-corrected chi connectivity index (χ2v) is 5.12. The first-order valence-electron chi connectivity index (χ1n) is 7.07. The highest BCUT2D eigenvalue weighted by Crippen LogP contribution is 2.12. The molecule has 0 spiro atoms. The summed E-state index contributed by atoms with van der Waals surface area (Å²) in [4.78, 5) is 16.5. The molecule has 5 heteroatoms. The first-order valence-corrected chi connectivity index (χ1v) is 7.07. The van der Waals surface area contributed by atoms with Gasteiger partial charge in [-0.3, -0.25) is 9.69 Å². The van der Waals surface area contributed by atoms with Crippen LogP contribution in [-0.2, 0) is 9.53 Å². The average molecular weight is 255 g/mol. The molecule has 18 heavy (non-hydrogen) atoms. The van der Waals surface area contributed by atoms with Crippen LogP contribution in [-0.4, -0.2) is 74.7 Å². The molecule has 0 aliphatic carbocycles. The minimum atomic E-state index is 0.0436. The lowest BCUT2D eigenvalue weighted by atomic mass is 10.0. The van der Waals surface area contributed by atoms with Crippen molar-refractivity contribution in [2.24, 2.45) is 0 Å². The van der Waals surface area contributed by atoms with Crippen LogP contribution in [0.4, 0.5) is 0 Å². The SMILES string of the molecule is CNC1CCCN(CCCN2CCOCC2)C1=O. The molecule has 2 aliphatic rings. The summed E-state index contributed by atoms with van der Waals surface area (Å²) in [5, 5.41) is 3.11. The van der Waals surface area contributed by atoms with Crippen molar-refractivity contribution >= 4 is 5.91 Å². The van der Waals surface area contributed by atoms with Crippen LogP contribution in [0, 0.1) is 0 Å². The average Bonchev–Trinajstić information content (AvgIpc) is 2.42. The molecule has 0 radical (unpaired) electrons. The van der Waals surface area contributed by atoms with E-state index in [1.165, 1.54) is 0 Å². The van der Waals surface area contributed by atoms with E-state index in [-0.39, 0.29) is 11.9 Å². The monoisotopic (exact) mass is 255 g/mol. The fraction of sp³-hybridized carbons (Fsp3) is 0.923. The molecule has 2 heterocycles. The molecular formula is C13H25N3O2. The number of ether oxygens (including phenoxy) is 1. The van der Waals surface area contributed by atoms with E-state index in [1.807, 2.05) is 11.9 Å². The van der Waals surface area contributed by atoms with Crippen molar-refractivity contribution in [2.45, 2.75) is 25.3 Å². The molecule has 0 aromatic carbocycles. The minimum Gasteiger partial charge on any atom is -0.379 e. The number of piperidine rings is 1. The van der Waals surface area contributed by atoms with Gasteiger partial charge in [-0.2, -0.15) is 0 Å². The first-order chi connectivity index (χ1) is 8.81.